The van der Waals surface area contributed by atoms with Gasteiger partial charge in [-0.05, 0) is 29.5 Å². The molecule has 0 spiro atoms. The van der Waals surface area contributed by atoms with Gasteiger partial charge in [-0.25, -0.2) is 17.6 Å². The molecule has 0 nitrogen and oxygen atoms in total. The van der Waals surface area contributed by atoms with Crippen LogP contribution in [0, 0.1) is 23.3 Å². The molecule has 0 radical (unpaired) electrons. The first-order chi connectivity index (χ1) is 7.54. The Kier molecular flexibility index (Phi) is 2.58. The predicted octanol–water partition coefficient (Wildman–Crippen LogP) is 3.96. The summed E-state index contributed by atoms with van der Waals surface area (Å²) in [5.41, 5.74) is 0.607. The van der Waals surface area contributed by atoms with Crippen LogP contribution in [0.1, 0.15) is 12.5 Å². The molecule has 0 saturated heterocycles. The van der Waals surface area contributed by atoms with Gasteiger partial charge in [0, 0.05) is 0 Å². The van der Waals surface area contributed by atoms with Crippen LogP contribution in [0.2, 0.25) is 0 Å². The smallest absolute Gasteiger partial charge is 0.195 e. The number of hydrogen-bond acceptors (Lipinski definition) is 0. The number of aryl methyl sites for hydroxylation is 1. The maximum absolute atomic E-state index is 13.5. The lowest BCUT2D eigenvalue weighted by atomic mass is 10.0. The van der Waals surface area contributed by atoms with Gasteiger partial charge in [-0.2, -0.15) is 0 Å². The first-order valence-corrected chi connectivity index (χ1v) is 4.80. The zero-order valence-corrected chi connectivity index (χ0v) is 8.45. The summed E-state index contributed by atoms with van der Waals surface area (Å²) in [4.78, 5) is 0. The van der Waals surface area contributed by atoms with E-state index in [0.29, 0.717) is 12.0 Å². The van der Waals surface area contributed by atoms with Crippen LogP contribution < -0.4 is 0 Å². The highest BCUT2D eigenvalue weighted by atomic mass is 19.2. The molecule has 0 bridgehead atoms. The lowest BCUT2D eigenvalue weighted by Gasteiger charge is -2.06. The second-order valence-electron chi connectivity index (χ2n) is 3.52. The molecule has 0 amide bonds. The van der Waals surface area contributed by atoms with E-state index >= 15 is 0 Å². The Balaban J connectivity index is 2.90. The molecular formula is C12H8F4. The maximum atomic E-state index is 13.5. The van der Waals surface area contributed by atoms with E-state index in [1.165, 1.54) is 6.07 Å². The molecule has 0 heterocycles. The van der Waals surface area contributed by atoms with Crippen molar-refractivity contribution in [2.45, 2.75) is 13.3 Å². The Morgan fingerprint density at radius 1 is 0.875 bits per heavy atom. The van der Waals surface area contributed by atoms with E-state index in [1.807, 2.05) is 0 Å². The zero-order chi connectivity index (χ0) is 11.9. The normalized spacial score (nSPS) is 11.1. The predicted molar refractivity (Wildman–Crippen MR) is 53.2 cm³/mol. The number of benzene rings is 2. The van der Waals surface area contributed by atoms with Crippen LogP contribution in [0.3, 0.4) is 0 Å². The van der Waals surface area contributed by atoms with Crippen molar-refractivity contribution in [1.29, 1.82) is 0 Å². The van der Waals surface area contributed by atoms with Gasteiger partial charge in [-0.1, -0.05) is 13.0 Å². The van der Waals surface area contributed by atoms with Crippen molar-refractivity contribution in [2.75, 3.05) is 0 Å². The Labute approximate surface area is 89.5 Å². The van der Waals surface area contributed by atoms with Crippen molar-refractivity contribution in [3.05, 3.63) is 47.0 Å². The van der Waals surface area contributed by atoms with Crippen molar-refractivity contribution in [3.63, 3.8) is 0 Å². The van der Waals surface area contributed by atoms with Gasteiger partial charge in [-0.15, -0.1) is 0 Å². The van der Waals surface area contributed by atoms with Crippen molar-refractivity contribution >= 4 is 10.8 Å². The summed E-state index contributed by atoms with van der Waals surface area (Å²) in [6.45, 7) is 1.79. The van der Waals surface area contributed by atoms with Crippen LogP contribution in [0.25, 0.3) is 10.8 Å². The minimum Gasteiger partial charge on any atom is -0.206 e. The summed E-state index contributed by atoms with van der Waals surface area (Å²) in [5.74, 6) is -5.30. The molecule has 0 aromatic heterocycles. The molecule has 84 valence electrons. The lowest BCUT2D eigenvalue weighted by Crippen LogP contribution is -1.96. The molecule has 0 saturated carbocycles. The first-order valence-electron chi connectivity index (χ1n) is 4.80. The van der Waals surface area contributed by atoms with Crippen LogP contribution in [-0.2, 0) is 6.42 Å². The van der Waals surface area contributed by atoms with Gasteiger partial charge in [0.1, 0.15) is 5.82 Å². The fourth-order valence-electron chi connectivity index (χ4n) is 1.65. The molecule has 4 heteroatoms. The summed E-state index contributed by atoms with van der Waals surface area (Å²) >= 11 is 0. The fourth-order valence-corrected chi connectivity index (χ4v) is 1.65. The summed E-state index contributed by atoms with van der Waals surface area (Å²) in [5, 5.41) is -0.468. The monoisotopic (exact) mass is 228 g/mol. The van der Waals surface area contributed by atoms with Crippen molar-refractivity contribution in [3.8, 4) is 0 Å². The number of rotatable bonds is 1. The van der Waals surface area contributed by atoms with Gasteiger partial charge in [0.25, 0.3) is 0 Å². The molecule has 2 aromatic rings. The van der Waals surface area contributed by atoms with Gasteiger partial charge < -0.3 is 0 Å². The van der Waals surface area contributed by atoms with Crippen LogP contribution >= 0.6 is 0 Å². The summed E-state index contributed by atoms with van der Waals surface area (Å²) in [7, 11) is 0. The molecule has 0 atom stereocenters. The summed E-state index contributed by atoms with van der Waals surface area (Å²) in [6, 6.07) is 3.38. The molecule has 0 fully saturated rings. The number of halogens is 4. The molecule has 2 aromatic carbocycles. The molecule has 0 aliphatic heterocycles. The van der Waals surface area contributed by atoms with Crippen LogP contribution in [0.4, 0.5) is 17.6 Å². The summed E-state index contributed by atoms with van der Waals surface area (Å²) < 4.78 is 52.6. The van der Waals surface area contributed by atoms with Gasteiger partial charge in [0.2, 0.25) is 0 Å². The Hall–Kier alpha value is -1.58. The average molecular weight is 228 g/mol. The molecule has 16 heavy (non-hydrogen) atoms. The third-order valence-corrected chi connectivity index (χ3v) is 2.49. The highest BCUT2D eigenvalue weighted by Gasteiger charge is 2.16. The van der Waals surface area contributed by atoms with Crippen molar-refractivity contribution in [1.82, 2.24) is 0 Å². The van der Waals surface area contributed by atoms with Gasteiger partial charge >= 0.3 is 0 Å². The zero-order valence-electron chi connectivity index (χ0n) is 8.45. The fraction of sp³-hybridized carbons (Fsp3) is 0.167. The SMILES string of the molecule is CCc1cc(F)c2c(F)c(F)c(F)cc2c1. The number of fused-ring (bicyclic) bond motifs is 1. The Morgan fingerprint density at radius 2 is 1.56 bits per heavy atom. The van der Waals surface area contributed by atoms with E-state index in [9.17, 15) is 17.6 Å². The minimum atomic E-state index is -1.64. The molecular weight excluding hydrogens is 220 g/mol. The third-order valence-electron chi connectivity index (χ3n) is 2.49. The molecule has 0 aliphatic rings. The van der Waals surface area contributed by atoms with Crippen molar-refractivity contribution in [2.24, 2.45) is 0 Å². The number of hydrogen-bond donors (Lipinski definition) is 0. The highest BCUT2D eigenvalue weighted by Crippen LogP contribution is 2.26. The second-order valence-corrected chi connectivity index (χ2v) is 3.52. The Morgan fingerprint density at radius 3 is 2.19 bits per heavy atom. The Bertz CT molecular complexity index is 561. The van der Waals surface area contributed by atoms with E-state index in [1.54, 1.807) is 6.92 Å². The third kappa shape index (κ3) is 1.54. The van der Waals surface area contributed by atoms with Crippen LogP contribution in [0.5, 0.6) is 0 Å². The summed E-state index contributed by atoms with van der Waals surface area (Å²) in [6.07, 6.45) is 0.535. The van der Waals surface area contributed by atoms with E-state index in [2.05, 4.69) is 0 Å². The molecule has 2 rings (SSSR count). The molecule has 0 N–H and O–H groups in total. The van der Waals surface area contributed by atoms with E-state index in [4.69, 9.17) is 0 Å². The largest absolute Gasteiger partial charge is 0.206 e. The molecule has 0 aliphatic carbocycles. The second kappa shape index (κ2) is 3.77. The van der Waals surface area contributed by atoms with Crippen molar-refractivity contribution < 1.29 is 17.6 Å². The van der Waals surface area contributed by atoms with Crippen LogP contribution in [0.15, 0.2) is 18.2 Å². The lowest BCUT2D eigenvalue weighted by molar-refractivity contribution is 0.451. The topological polar surface area (TPSA) is 0 Å². The molecule has 0 unspecified atom stereocenters. The van der Waals surface area contributed by atoms with E-state index in [0.717, 1.165) is 12.1 Å². The van der Waals surface area contributed by atoms with E-state index in [-0.39, 0.29) is 5.39 Å². The maximum Gasteiger partial charge on any atom is 0.195 e. The first kappa shape index (κ1) is 10.9. The van der Waals surface area contributed by atoms with Gasteiger partial charge in [-0.3, -0.25) is 0 Å². The van der Waals surface area contributed by atoms with Crippen LogP contribution in [-0.4, -0.2) is 0 Å². The highest BCUT2D eigenvalue weighted by molar-refractivity contribution is 5.84. The van der Waals surface area contributed by atoms with E-state index < -0.39 is 28.7 Å². The average Bonchev–Trinajstić information content (AvgIpc) is 2.25. The minimum absolute atomic E-state index is 0.0354. The van der Waals surface area contributed by atoms with Gasteiger partial charge in [0.05, 0.1) is 5.39 Å². The quantitative estimate of drug-likeness (QED) is 0.512. The standard InChI is InChI=1S/C12H8F4/c1-2-6-3-7-5-9(14)11(15)12(16)10(7)8(13)4-6/h3-5H,2H2,1H3. The van der Waals surface area contributed by atoms with Gasteiger partial charge in [0.15, 0.2) is 17.5 Å².